The van der Waals surface area contributed by atoms with Gasteiger partial charge in [-0.25, -0.2) is 4.79 Å². The number of anilines is 1. The van der Waals surface area contributed by atoms with Crippen molar-refractivity contribution in [2.24, 2.45) is 11.8 Å². The molecule has 2 heterocycles. The number of nitriles is 1. The molecule has 0 spiro atoms. The van der Waals surface area contributed by atoms with Crippen LogP contribution >= 0.6 is 0 Å². The smallest absolute Gasteiger partial charge is 0.412 e. The zero-order chi connectivity index (χ0) is 25.0. The van der Waals surface area contributed by atoms with Crippen molar-refractivity contribution in [3.8, 4) is 6.07 Å². The predicted octanol–water partition coefficient (Wildman–Crippen LogP) is 2.38. The van der Waals surface area contributed by atoms with Gasteiger partial charge in [-0.15, -0.1) is 0 Å². The van der Waals surface area contributed by atoms with Crippen LogP contribution in [0.3, 0.4) is 0 Å². The van der Waals surface area contributed by atoms with E-state index in [1.807, 2.05) is 0 Å². The number of amides is 3. The van der Waals surface area contributed by atoms with Crippen molar-refractivity contribution in [2.75, 3.05) is 11.9 Å². The number of aromatic nitrogens is 1. The first-order valence-electron chi connectivity index (χ1n) is 11.7. The average molecular weight is 472 g/mol. The van der Waals surface area contributed by atoms with Gasteiger partial charge in [0.25, 0.3) is 5.56 Å². The molecule has 1 aromatic heterocycles. The van der Waals surface area contributed by atoms with Gasteiger partial charge in [0.05, 0.1) is 6.07 Å². The number of ether oxygens (including phenoxy) is 1. The van der Waals surface area contributed by atoms with Crippen LogP contribution in [0.25, 0.3) is 0 Å². The minimum atomic E-state index is -0.844. The number of carbonyl (C=O) groups excluding carboxylic acids is 3. The Bertz CT molecular complexity index is 1050. The normalized spacial score (nSPS) is 19.5. The van der Waals surface area contributed by atoms with Crippen LogP contribution in [0.1, 0.15) is 64.5 Å². The zero-order valence-corrected chi connectivity index (χ0v) is 20.1. The molecule has 3 N–H and O–H groups in total. The fourth-order valence-corrected chi connectivity index (χ4v) is 4.03. The van der Waals surface area contributed by atoms with Crippen molar-refractivity contribution in [3.63, 3.8) is 0 Å². The first-order chi connectivity index (χ1) is 16.0. The molecule has 184 valence electrons. The van der Waals surface area contributed by atoms with E-state index in [9.17, 15) is 24.4 Å². The minimum Gasteiger partial charge on any atom is -0.444 e. The number of hydrogen-bond acceptors (Lipinski definition) is 6. The Morgan fingerprint density at radius 1 is 1.26 bits per heavy atom. The van der Waals surface area contributed by atoms with E-state index in [1.165, 1.54) is 10.8 Å². The molecule has 2 aliphatic rings. The summed E-state index contributed by atoms with van der Waals surface area (Å²) in [4.78, 5) is 50.7. The Balaban J connectivity index is 1.82. The van der Waals surface area contributed by atoms with Crippen molar-refractivity contribution < 1.29 is 19.1 Å². The van der Waals surface area contributed by atoms with E-state index < -0.39 is 35.2 Å². The highest BCUT2D eigenvalue weighted by Crippen LogP contribution is 2.37. The maximum absolute atomic E-state index is 13.3. The maximum Gasteiger partial charge on any atom is 0.412 e. The molecular weight excluding hydrogens is 438 g/mol. The zero-order valence-electron chi connectivity index (χ0n) is 20.1. The van der Waals surface area contributed by atoms with E-state index in [4.69, 9.17) is 4.74 Å². The van der Waals surface area contributed by atoms with Gasteiger partial charge in [0, 0.05) is 18.7 Å². The summed E-state index contributed by atoms with van der Waals surface area (Å²) in [6, 6.07) is 2.04. The first-order valence-corrected chi connectivity index (χ1v) is 11.7. The number of hydrogen-bond donors (Lipinski definition) is 3. The lowest BCUT2D eigenvalue weighted by Gasteiger charge is -2.24. The summed E-state index contributed by atoms with van der Waals surface area (Å²) in [7, 11) is 0. The van der Waals surface area contributed by atoms with Gasteiger partial charge in [-0.1, -0.05) is 12.8 Å². The summed E-state index contributed by atoms with van der Waals surface area (Å²) in [5.74, 6) is -0.575. The number of carbonyl (C=O) groups is 3. The summed E-state index contributed by atoms with van der Waals surface area (Å²) in [5.41, 5.74) is -0.664. The third-order valence-electron chi connectivity index (χ3n) is 6.00. The molecule has 1 aromatic rings. The van der Waals surface area contributed by atoms with Gasteiger partial charge in [-0.3, -0.25) is 19.7 Å². The summed E-state index contributed by atoms with van der Waals surface area (Å²) in [5, 5.41) is 17.5. The van der Waals surface area contributed by atoms with Crippen LogP contribution in [-0.4, -0.2) is 40.7 Å². The predicted molar refractivity (Wildman–Crippen MR) is 125 cm³/mol. The lowest BCUT2D eigenvalue weighted by Crippen LogP contribution is -2.43. The molecule has 1 saturated carbocycles. The highest BCUT2D eigenvalue weighted by Gasteiger charge is 2.34. The molecule has 3 rings (SSSR count). The summed E-state index contributed by atoms with van der Waals surface area (Å²) >= 11 is 0. The van der Waals surface area contributed by atoms with Gasteiger partial charge in [0.1, 0.15) is 23.4 Å². The van der Waals surface area contributed by atoms with Crippen LogP contribution in [0.2, 0.25) is 0 Å². The molecule has 0 radical (unpaired) electrons. The minimum absolute atomic E-state index is 0.0461. The second kappa shape index (κ2) is 10.3. The topological polar surface area (TPSA) is 142 Å². The van der Waals surface area contributed by atoms with Crippen LogP contribution in [0.5, 0.6) is 0 Å². The molecule has 1 saturated heterocycles. The Kier molecular flexibility index (Phi) is 7.64. The fraction of sp³-hybridized carbons (Fsp3) is 0.625. The summed E-state index contributed by atoms with van der Waals surface area (Å²) in [6.45, 7) is 7.41. The fourth-order valence-electron chi connectivity index (χ4n) is 4.03. The van der Waals surface area contributed by atoms with Crippen molar-refractivity contribution in [2.45, 2.75) is 77.5 Å². The number of pyridine rings is 1. The average Bonchev–Trinajstić information content (AvgIpc) is 3.48. The maximum atomic E-state index is 13.3. The molecule has 10 nitrogen and oxygen atoms in total. The van der Waals surface area contributed by atoms with Gasteiger partial charge < -0.3 is 19.9 Å². The lowest BCUT2D eigenvalue weighted by molar-refractivity contribution is -0.126. The van der Waals surface area contributed by atoms with Crippen LogP contribution in [0, 0.1) is 30.1 Å². The number of nitrogens with one attached hydrogen (secondary N) is 3. The number of rotatable bonds is 8. The molecule has 34 heavy (non-hydrogen) atoms. The van der Waals surface area contributed by atoms with E-state index in [-0.39, 0.29) is 23.9 Å². The standard InChI is InChI=1S/C24H33N5O5/c1-14-8-10-29(22(32)19(14)28-23(33)34-24(2,3)4)18(11-15-5-6-15)21(31)27-17(13-25)12-16-7-9-26-20(16)30/h8,10,15-18H,5-7,9,11-12H2,1-4H3,(H,26,30)(H,27,31)(H,28,33)/t16?,17?,18-/m0/s1. The highest BCUT2D eigenvalue weighted by molar-refractivity contribution is 5.86. The molecule has 0 bridgehead atoms. The van der Waals surface area contributed by atoms with E-state index in [1.54, 1.807) is 33.8 Å². The van der Waals surface area contributed by atoms with Gasteiger partial charge in [-0.05, 0) is 64.5 Å². The van der Waals surface area contributed by atoms with Gasteiger partial charge in [-0.2, -0.15) is 5.26 Å². The van der Waals surface area contributed by atoms with Crippen molar-refractivity contribution in [3.05, 3.63) is 28.2 Å². The summed E-state index contributed by atoms with van der Waals surface area (Å²) in [6.07, 6.45) is 4.01. The SMILES string of the molecule is Cc1ccn([C@@H](CC2CC2)C(=O)NC(C#N)CC2CCNC2=O)c(=O)c1NC(=O)OC(C)(C)C. The monoisotopic (exact) mass is 471 g/mol. The summed E-state index contributed by atoms with van der Waals surface area (Å²) < 4.78 is 6.58. The highest BCUT2D eigenvalue weighted by atomic mass is 16.6. The molecule has 3 amide bonds. The number of aryl methyl sites for hydroxylation is 1. The molecule has 3 atom stereocenters. The van der Waals surface area contributed by atoms with E-state index in [2.05, 4.69) is 22.0 Å². The molecule has 1 aliphatic heterocycles. The van der Waals surface area contributed by atoms with Gasteiger partial charge in [0.15, 0.2) is 0 Å². The van der Waals surface area contributed by atoms with E-state index in [0.29, 0.717) is 30.9 Å². The molecule has 10 heteroatoms. The van der Waals surface area contributed by atoms with Crippen molar-refractivity contribution in [1.82, 2.24) is 15.2 Å². The quantitative estimate of drug-likeness (QED) is 0.531. The van der Waals surface area contributed by atoms with E-state index >= 15 is 0 Å². The lowest BCUT2D eigenvalue weighted by atomic mass is 9.98. The van der Waals surface area contributed by atoms with Crippen LogP contribution in [0.15, 0.2) is 17.1 Å². The van der Waals surface area contributed by atoms with Crippen molar-refractivity contribution in [1.29, 1.82) is 5.26 Å². The molecular formula is C24H33N5O5. The Morgan fingerprint density at radius 3 is 2.53 bits per heavy atom. The van der Waals surface area contributed by atoms with Crippen LogP contribution in [0.4, 0.5) is 10.5 Å². The second-order valence-corrected chi connectivity index (χ2v) is 10.1. The van der Waals surface area contributed by atoms with E-state index in [0.717, 1.165) is 12.8 Å². The Hall–Kier alpha value is -3.35. The Morgan fingerprint density at radius 2 is 1.97 bits per heavy atom. The molecule has 2 unspecified atom stereocenters. The van der Waals surface area contributed by atoms with Crippen LogP contribution in [-0.2, 0) is 14.3 Å². The first kappa shape index (κ1) is 25.3. The van der Waals surface area contributed by atoms with Crippen molar-refractivity contribution >= 4 is 23.6 Å². The third-order valence-corrected chi connectivity index (χ3v) is 6.00. The molecule has 1 aliphatic carbocycles. The van der Waals surface area contributed by atoms with Gasteiger partial charge in [0.2, 0.25) is 11.8 Å². The molecule has 0 aromatic carbocycles. The largest absolute Gasteiger partial charge is 0.444 e. The third kappa shape index (κ3) is 6.59. The number of nitrogens with zero attached hydrogens (tertiary/aromatic N) is 2. The van der Waals surface area contributed by atoms with Crippen LogP contribution < -0.4 is 21.5 Å². The van der Waals surface area contributed by atoms with Gasteiger partial charge >= 0.3 is 6.09 Å². The molecule has 2 fully saturated rings. The Labute approximate surface area is 199 Å². The second-order valence-electron chi connectivity index (χ2n) is 10.1.